The molecule has 0 spiro atoms. The zero-order chi connectivity index (χ0) is 10.3. The highest BCUT2D eigenvalue weighted by Crippen LogP contribution is 2.36. The lowest BCUT2D eigenvalue weighted by molar-refractivity contribution is 0.0612. The molecule has 13 heavy (non-hydrogen) atoms. The van der Waals surface area contributed by atoms with Crippen LogP contribution in [0.25, 0.3) is 0 Å². The number of hydrogen-bond donors (Lipinski definition) is 0. The SMILES string of the molecule is CCC1=CC(C)(C)N(C)C(C)(C)C1. The fraction of sp³-hybridized carbons (Fsp3) is 0.833. The van der Waals surface area contributed by atoms with Gasteiger partial charge in [0.25, 0.3) is 0 Å². The molecule has 0 radical (unpaired) electrons. The van der Waals surface area contributed by atoms with Crippen LogP contribution in [0.2, 0.25) is 0 Å². The lowest BCUT2D eigenvalue weighted by atomic mass is 9.80. The highest BCUT2D eigenvalue weighted by atomic mass is 15.2. The van der Waals surface area contributed by atoms with Crippen molar-refractivity contribution in [1.29, 1.82) is 0 Å². The van der Waals surface area contributed by atoms with Crippen LogP contribution in [0.1, 0.15) is 47.5 Å². The van der Waals surface area contributed by atoms with Gasteiger partial charge in [-0.15, -0.1) is 0 Å². The molecule has 0 saturated heterocycles. The lowest BCUT2D eigenvalue weighted by Crippen LogP contribution is -2.55. The monoisotopic (exact) mass is 181 g/mol. The van der Waals surface area contributed by atoms with Crippen LogP contribution in [0.4, 0.5) is 0 Å². The highest BCUT2D eigenvalue weighted by molar-refractivity contribution is 5.20. The molecule has 0 aromatic carbocycles. The van der Waals surface area contributed by atoms with Gasteiger partial charge in [0.1, 0.15) is 0 Å². The second-order valence-corrected chi connectivity index (χ2v) is 5.36. The van der Waals surface area contributed by atoms with Gasteiger partial charge in [0.15, 0.2) is 0 Å². The van der Waals surface area contributed by atoms with Crippen LogP contribution in [-0.4, -0.2) is 23.0 Å². The molecule has 0 fully saturated rings. The molecule has 0 aliphatic carbocycles. The molecule has 1 rings (SSSR count). The smallest absolute Gasteiger partial charge is 0.0339 e. The van der Waals surface area contributed by atoms with Crippen LogP contribution in [0.15, 0.2) is 11.6 Å². The molecule has 0 atom stereocenters. The van der Waals surface area contributed by atoms with Gasteiger partial charge in [0, 0.05) is 11.1 Å². The van der Waals surface area contributed by atoms with Crippen LogP contribution >= 0.6 is 0 Å². The summed E-state index contributed by atoms with van der Waals surface area (Å²) in [5.41, 5.74) is 2.13. The molecule has 0 amide bonds. The maximum Gasteiger partial charge on any atom is 0.0339 e. The van der Waals surface area contributed by atoms with E-state index in [2.05, 4.69) is 52.6 Å². The van der Waals surface area contributed by atoms with Crippen LogP contribution in [-0.2, 0) is 0 Å². The first kappa shape index (κ1) is 10.8. The summed E-state index contributed by atoms with van der Waals surface area (Å²) in [5.74, 6) is 0. The predicted molar refractivity (Wildman–Crippen MR) is 58.9 cm³/mol. The maximum absolute atomic E-state index is 2.47. The molecular formula is C12H23N. The molecule has 0 aromatic heterocycles. The van der Waals surface area contributed by atoms with Crippen LogP contribution in [0, 0.1) is 0 Å². The molecule has 0 bridgehead atoms. The van der Waals surface area contributed by atoms with Gasteiger partial charge in [-0.25, -0.2) is 0 Å². The van der Waals surface area contributed by atoms with Gasteiger partial charge < -0.3 is 0 Å². The Kier molecular flexibility index (Phi) is 2.59. The van der Waals surface area contributed by atoms with Crippen molar-refractivity contribution in [3.05, 3.63) is 11.6 Å². The number of nitrogens with zero attached hydrogens (tertiary/aromatic N) is 1. The fourth-order valence-electron chi connectivity index (χ4n) is 2.33. The molecule has 0 saturated carbocycles. The summed E-state index contributed by atoms with van der Waals surface area (Å²) in [6.45, 7) is 11.5. The van der Waals surface area contributed by atoms with Gasteiger partial charge in [0.05, 0.1) is 0 Å². The molecule has 0 aromatic rings. The van der Waals surface area contributed by atoms with Gasteiger partial charge in [-0.1, -0.05) is 18.6 Å². The summed E-state index contributed by atoms with van der Waals surface area (Å²) in [4.78, 5) is 2.47. The van der Waals surface area contributed by atoms with E-state index in [-0.39, 0.29) is 5.54 Å². The first-order chi connectivity index (χ1) is 5.79. The summed E-state index contributed by atoms with van der Waals surface area (Å²) in [7, 11) is 2.23. The summed E-state index contributed by atoms with van der Waals surface area (Å²) < 4.78 is 0. The van der Waals surface area contributed by atoms with Crippen molar-refractivity contribution in [1.82, 2.24) is 4.90 Å². The van der Waals surface area contributed by atoms with Gasteiger partial charge in [-0.05, 0) is 47.6 Å². The van der Waals surface area contributed by atoms with E-state index in [1.807, 2.05) is 0 Å². The van der Waals surface area contributed by atoms with Gasteiger partial charge in [-0.3, -0.25) is 4.90 Å². The maximum atomic E-state index is 2.47. The summed E-state index contributed by atoms with van der Waals surface area (Å²) >= 11 is 0. The molecule has 1 heterocycles. The van der Waals surface area contributed by atoms with Crippen molar-refractivity contribution < 1.29 is 0 Å². The minimum atomic E-state index is 0.215. The average molecular weight is 181 g/mol. The first-order valence-corrected chi connectivity index (χ1v) is 5.24. The van der Waals surface area contributed by atoms with E-state index in [0.29, 0.717) is 5.54 Å². The Morgan fingerprint density at radius 1 is 1.31 bits per heavy atom. The van der Waals surface area contributed by atoms with Crippen molar-refractivity contribution in [3.63, 3.8) is 0 Å². The largest absolute Gasteiger partial charge is 0.292 e. The molecule has 1 nitrogen and oxygen atoms in total. The number of hydrogen-bond acceptors (Lipinski definition) is 1. The second kappa shape index (κ2) is 3.13. The van der Waals surface area contributed by atoms with Gasteiger partial charge >= 0.3 is 0 Å². The van der Waals surface area contributed by atoms with E-state index in [1.54, 1.807) is 5.57 Å². The Labute approximate surface area is 82.8 Å². The van der Waals surface area contributed by atoms with E-state index >= 15 is 0 Å². The van der Waals surface area contributed by atoms with Crippen LogP contribution in [0.3, 0.4) is 0 Å². The van der Waals surface area contributed by atoms with E-state index in [0.717, 1.165) is 0 Å². The standard InChI is InChI=1S/C12H23N/c1-7-10-8-11(2,3)13(6)12(4,5)9-10/h8H,7,9H2,1-6H3. The van der Waals surface area contributed by atoms with Crippen LogP contribution < -0.4 is 0 Å². The van der Waals surface area contributed by atoms with Crippen molar-refractivity contribution in [3.8, 4) is 0 Å². The Bertz CT molecular complexity index is 223. The van der Waals surface area contributed by atoms with E-state index in [1.165, 1.54) is 12.8 Å². The predicted octanol–water partition coefficient (Wildman–Crippen LogP) is 3.22. The summed E-state index contributed by atoms with van der Waals surface area (Å²) in [6, 6.07) is 0. The van der Waals surface area contributed by atoms with Crippen molar-refractivity contribution in [2.75, 3.05) is 7.05 Å². The minimum Gasteiger partial charge on any atom is -0.292 e. The molecule has 0 unspecified atom stereocenters. The summed E-state index contributed by atoms with van der Waals surface area (Å²) in [6.07, 6.45) is 4.84. The number of likely N-dealkylation sites (N-methyl/N-ethyl adjacent to an activating group) is 1. The molecule has 1 aliphatic heterocycles. The average Bonchev–Trinajstić information content (AvgIpc) is 1.99. The molecule has 0 N–H and O–H groups in total. The summed E-state index contributed by atoms with van der Waals surface area (Å²) in [5, 5.41) is 0. The normalized spacial score (nSPS) is 27.1. The third-order valence-electron chi connectivity index (χ3n) is 3.44. The first-order valence-electron chi connectivity index (χ1n) is 5.24. The number of rotatable bonds is 1. The Hall–Kier alpha value is -0.300. The fourth-order valence-corrected chi connectivity index (χ4v) is 2.33. The molecule has 1 aliphatic rings. The zero-order valence-electron chi connectivity index (χ0n) is 9.94. The van der Waals surface area contributed by atoms with Crippen molar-refractivity contribution in [2.45, 2.75) is 58.5 Å². The van der Waals surface area contributed by atoms with Crippen molar-refractivity contribution >= 4 is 0 Å². The Morgan fingerprint density at radius 2 is 1.85 bits per heavy atom. The lowest BCUT2D eigenvalue weighted by Gasteiger charge is -2.49. The Balaban J connectivity index is 3.01. The Morgan fingerprint density at radius 3 is 2.23 bits per heavy atom. The van der Waals surface area contributed by atoms with E-state index in [4.69, 9.17) is 0 Å². The third-order valence-corrected chi connectivity index (χ3v) is 3.44. The zero-order valence-corrected chi connectivity index (χ0v) is 9.94. The van der Waals surface area contributed by atoms with Crippen LogP contribution in [0.5, 0.6) is 0 Å². The van der Waals surface area contributed by atoms with E-state index < -0.39 is 0 Å². The second-order valence-electron chi connectivity index (χ2n) is 5.36. The molecule has 1 heteroatoms. The highest BCUT2D eigenvalue weighted by Gasteiger charge is 2.37. The van der Waals surface area contributed by atoms with E-state index in [9.17, 15) is 0 Å². The topological polar surface area (TPSA) is 3.24 Å². The third kappa shape index (κ3) is 1.96. The minimum absolute atomic E-state index is 0.215. The quantitative estimate of drug-likeness (QED) is 0.561. The molecule has 76 valence electrons. The molecular weight excluding hydrogens is 158 g/mol. The van der Waals surface area contributed by atoms with Crippen molar-refractivity contribution in [2.24, 2.45) is 0 Å². The van der Waals surface area contributed by atoms with Gasteiger partial charge in [-0.2, -0.15) is 0 Å². The van der Waals surface area contributed by atoms with Gasteiger partial charge in [0.2, 0.25) is 0 Å².